The Labute approximate surface area is 90.3 Å². The molecule has 78 valence electrons. The first-order chi connectivity index (χ1) is 6.74. The molecule has 0 aromatic carbocycles. The first-order valence-corrected chi connectivity index (χ1v) is 6.07. The molecule has 1 rings (SSSR count). The second-order valence-electron chi connectivity index (χ2n) is 3.62. The number of rotatable bonds is 5. The first-order valence-electron chi connectivity index (χ1n) is 4.92. The maximum atomic E-state index is 5.55. The van der Waals surface area contributed by atoms with E-state index in [0.717, 1.165) is 18.1 Å². The van der Waals surface area contributed by atoms with E-state index in [9.17, 15) is 0 Å². The molecular weight excluding hydrogens is 192 g/mol. The van der Waals surface area contributed by atoms with E-state index in [4.69, 9.17) is 5.73 Å². The van der Waals surface area contributed by atoms with E-state index in [-0.39, 0.29) is 0 Å². The standard InChI is InChI=1S/C11H18N2S/c1-9(6-12)7-14-8-11-10(2)4-3-5-13-11/h3-5,9H,6-8,12H2,1-2H3. The lowest BCUT2D eigenvalue weighted by atomic mass is 10.2. The van der Waals surface area contributed by atoms with Gasteiger partial charge in [0.25, 0.3) is 0 Å². The summed E-state index contributed by atoms with van der Waals surface area (Å²) in [5.41, 5.74) is 8.03. The Bertz CT molecular complexity index is 276. The number of thioether (sulfide) groups is 1. The van der Waals surface area contributed by atoms with Crippen molar-refractivity contribution in [3.8, 4) is 0 Å². The molecule has 0 aliphatic carbocycles. The van der Waals surface area contributed by atoms with Crippen LogP contribution in [0.3, 0.4) is 0 Å². The van der Waals surface area contributed by atoms with E-state index < -0.39 is 0 Å². The van der Waals surface area contributed by atoms with Crippen LogP contribution in [0.2, 0.25) is 0 Å². The van der Waals surface area contributed by atoms with E-state index in [1.165, 1.54) is 11.3 Å². The van der Waals surface area contributed by atoms with Crippen molar-refractivity contribution in [2.45, 2.75) is 19.6 Å². The molecule has 1 atom stereocenters. The summed E-state index contributed by atoms with van der Waals surface area (Å²) in [5.74, 6) is 2.72. The summed E-state index contributed by atoms with van der Waals surface area (Å²) >= 11 is 1.91. The topological polar surface area (TPSA) is 38.9 Å². The van der Waals surface area contributed by atoms with Crippen LogP contribution in [0, 0.1) is 12.8 Å². The average molecular weight is 210 g/mol. The van der Waals surface area contributed by atoms with Crippen LogP contribution in [-0.4, -0.2) is 17.3 Å². The number of aromatic nitrogens is 1. The van der Waals surface area contributed by atoms with Crippen LogP contribution in [0.1, 0.15) is 18.2 Å². The van der Waals surface area contributed by atoms with Crippen LogP contribution < -0.4 is 5.73 Å². The van der Waals surface area contributed by atoms with Gasteiger partial charge < -0.3 is 5.73 Å². The molecule has 3 heteroatoms. The minimum absolute atomic E-state index is 0.601. The van der Waals surface area contributed by atoms with Crippen molar-refractivity contribution in [1.82, 2.24) is 4.98 Å². The second-order valence-corrected chi connectivity index (χ2v) is 4.65. The summed E-state index contributed by atoms with van der Waals surface area (Å²) in [6.07, 6.45) is 1.86. The molecule has 2 N–H and O–H groups in total. The van der Waals surface area contributed by atoms with Gasteiger partial charge in [-0.05, 0) is 36.8 Å². The van der Waals surface area contributed by atoms with Crippen molar-refractivity contribution in [3.05, 3.63) is 29.6 Å². The van der Waals surface area contributed by atoms with Gasteiger partial charge in [0, 0.05) is 11.9 Å². The molecule has 2 nitrogen and oxygen atoms in total. The smallest absolute Gasteiger partial charge is 0.0531 e. The Morgan fingerprint density at radius 1 is 1.57 bits per heavy atom. The number of hydrogen-bond donors (Lipinski definition) is 1. The van der Waals surface area contributed by atoms with Gasteiger partial charge in [0.15, 0.2) is 0 Å². The third kappa shape index (κ3) is 3.68. The summed E-state index contributed by atoms with van der Waals surface area (Å²) in [5, 5.41) is 0. The van der Waals surface area contributed by atoms with Crippen molar-refractivity contribution in [2.75, 3.05) is 12.3 Å². The molecule has 1 unspecified atom stereocenters. The maximum absolute atomic E-state index is 5.55. The maximum Gasteiger partial charge on any atom is 0.0531 e. The predicted octanol–water partition coefficient (Wildman–Crippen LogP) is 2.22. The molecule has 1 heterocycles. The Kier molecular flexibility index (Phi) is 4.98. The van der Waals surface area contributed by atoms with Crippen LogP contribution >= 0.6 is 11.8 Å². The molecule has 0 spiro atoms. The molecule has 0 aliphatic heterocycles. The van der Waals surface area contributed by atoms with E-state index >= 15 is 0 Å². The Balaban J connectivity index is 2.35. The highest BCUT2D eigenvalue weighted by atomic mass is 32.2. The fourth-order valence-corrected chi connectivity index (χ4v) is 2.25. The zero-order valence-electron chi connectivity index (χ0n) is 8.86. The number of hydrogen-bond acceptors (Lipinski definition) is 3. The van der Waals surface area contributed by atoms with Gasteiger partial charge in [-0.3, -0.25) is 4.98 Å². The van der Waals surface area contributed by atoms with Gasteiger partial charge in [-0.15, -0.1) is 0 Å². The van der Waals surface area contributed by atoms with Crippen molar-refractivity contribution in [2.24, 2.45) is 11.7 Å². The lowest BCUT2D eigenvalue weighted by molar-refractivity contribution is 0.675. The molecule has 0 bridgehead atoms. The van der Waals surface area contributed by atoms with E-state index in [0.29, 0.717) is 5.92 Å². The minimum atomic E-state index is 0.601. The molecular formula is C11H18N2S. The third-order valence-electron chi connectivity index (χ3n) is 2.16. The van der Waals surface area contributed by atoms with Crippen LogP contribution in [0.4, 0.5) is 0 Å². The van der Waals surface area contributed by atoms with Crippen LogP contribution in [-0.2, 0) is 5.75 Å². The molecule has 1 aromatic rings. The highest BCUT2D eigenvalue weighted by Gasteiger charge is 2.02. The van der Waals surface area contributed by atoms with Crippen LogP contribution in [0.15, 0.2) is 18.3 Å². The summed E-state index contributed by atoms with van der Waals surface area (Å²) in [6.45, 7) is 5.06. The highest BCUT2D eigenvalue weighted by Crippen LogP contribution is 2.15. The van der Waals surface area contributed by atoms with E-state index in [1.807, 2.05) is 24.0 Å². The molecule has 1 aromatic heterocycles. The predicted molar refractivity (Wildman–Crippen MR) is 63.4 cm³/mol. The van der Waals surface area contributed by atoms with Gasteiger partial charge in [-0.25, -0.2) is 0 Å². The lowest BCUT2D eigenvalue weighted by Crippen LogP contribution is -2.12. The van der Waals surface area contributed by atoms with Crippen LogP contribution in [0.25, 0.3) is 0 Å². The van der Waals surface area contributed by atoms with Gasteiger partial charge >= 0.3 is 0 Å². The highest BCUT2D eigenvalue weighted by molar-refractivity contribution is 7.98. The van der Waals surface area contributed by atoms with Gasteiger partial charge in [-0.2, -0.15) is 11.8 Å². The molecule has 0 radical (unpaired) electrons. The fraction of sp³-hybridized carbons (Fsp3) is 0.545. The number of nitrogens with zero attached hydrogens (tertiary/aromatic N) is 1. The van der Waals surface area contributed by atoms with Gasteiger partial charge in [0.05, 0.1) is 5.69 Å². The minimum Gasteiger partial charge on any atom is -0.330 e. The first kappa shape index (κ1) is 11.5. The van der Waals surface area contributed by atoms with Crippen molar-refractivity contribution in [3.63, 3.8) is 0 Å². The molecule has 0 fully saturated rings. The SMILES string of the molecule is Cc1cccnc1CSCC(C)CN. The fourth-order valence-electron chi connectivity index (χ4n) is 1.09. The van der Waals surface area contributed by atoms with Gasteiger partial charge in [-0.1, -0.05) is 13.0 Å². The summed E-state index contributed by atoms with van der Waals surface area (Å²) in [7, 11) is 0. The largest absolute Gasteiger partial charge is 0.330 e. The molecule has 0 aliphatic rings. The quantitative estimate of drug-likeness (QED) is 0.810. The Hall–Kier alpha value is -0.540. The van der Waals surface area contributed by atoms with Crippen molar-refractivity contribution < 1.29 is 0 Å². The normalized spacial score (nSPS) is 12.8. The van der Waals surface area contributed by atoms with E-state index in [2.05, 4.69) is 24.9 Å². The zero-order chi connectivity index (χ0) is 10.4. The molecule has 14 heavy (non-hydrogen) atoms. The summed E-state index contributed by atoms with van der Waals surface area (Å²) < 4.78 is 0. The van der Waals surface area contributed by atoms with Crippen molar-refractivity contribution in [1.29, 1.82) is 0 Å². The zero-order valence-corrected chi connectivity index (χ0v) is 9.68. The monoisotopic (exact) mass is 210 g/mol. The third-order valence-corrected chi connectivity index (χ3v) is 3.44. The number of pyridine rings is 1. The van der Waals surface area contributed by atoms with Crippen molar-refractivity contribution >= 4 is 11.8 Å². The van der Waals surface area contributed by atoms with Gasteiger partial charge in [0.2, 0.25) is 0 Å². The van der Waals surface area contributed by atoms with Gasteiger partial charge in [0.1, 0.15) is 0 Å². The Morgan fingerprint density at radius 3 is 3.00 bits per heavy atom. The second kappa shape index (κ2) is 6.04. The number of aryl methyl sites for hydroxylation is 1. The van der Waals surface area contributed by atoms with Crippen LogP contribution in [0.5, 0.6) is 0 Å². The van der Waals surface area contributed by atoms with E-state index in [1.54, 1.807) is 0 Å². The average Bonchev–Trinajstić information content (AvgIpc) is 2.20. The molecule has 0 saturated heterocycles. The lowest BCUT2D eigenvalue weighted by Gasteiger charge is -2.08. The summed E-state index contributed by atoms with van der Waals surface area (Å²) in [4.78, 5) is 4.35. The number of nitrogens with two attached hydrogens (primary N) is 1. The summed E-state index contributed by atoms with van der Waals surface area (Å²) in [6, 6.07) is 4.08. The molecule has 0 amide bonds. The Morgan fingerprint density at radius 2 is 2.36 bits per heavy atom. The molecule has 0 saturated carbocycles.